The number of methoxy groups -OCH3 is 2. The van der Waals surface area contributed by atoms with Gasteiger partial charge >= 0.3 is 5.97 Å². The zero-order valence-corrected chi connectivity index (χ0v) is 14.4. The highest BCUT2D eigenvalue weighted by molar-refractivity contribution is 5.94. The molecule has 1 amide bonds. The number of nitrogens with one attached hydrogen (secondary N) is 1. The van der Waals surface area contributed by atoms with Crippen LogP contribution >= 0.6 is 0 Å². The van der Waals surface area contributed by atoms with E-state index in [0.29, 0.717) is 23.5 Å². The standard InChI is InChI=1S/C17H21N3O5/c1-4-12-7-15(19-18-12)17(23)20(10-16(21)22)9-11-5-13(24-2)8-14(6-11)25-3/h5-8H,4,9-10H2,1-3H3,(H,18,19)(H,21,22). The van der Waals surface area contributed by atoms with Crippen LogP contribution in [-0.2, 0) is 17.8 Å². The van der Waals surface area contributed by atoms with Crippen LogP contribution in [0, 0.1) is 0 Å². The fourth-order valence-corrected chi connectivity index (χ4v) is 2.36. The van der Waals surface area contributed by atoms with Crippen molar-refractivity contribution in [3.63, 3.8) is 0 Å². The topological polar surface area (TPSA) is 105 Å². The Morgan fingerprint density at radius 3 is 2.28 bits per heavy atom. The summed E-state index contributed by atoms with van der Waals surface area (Å²) in [7, 11) is 3.05. The van der Waals surface area contributed by atoms with E-state index in [2.05, 4.69) is 10.2 Å². The van der Waals surface area contributed by atoms with Gasteiger partial charge in [-0.05, 0) is 30.2 Å². The molecule has 8 nitrogen and oxygen atoms in total. The second-order valence-corrected chi connectivity index (χ2v) is 5.41. The molecule has 1 aromatic carbocycles. The largest absolute Gasteiger partial charge is 0.497 e. The third-order valence-electron chi connectivity index (χ3n) is 3.63. The molecule has 134 valence electrons. The van der Waals surface area contributed by atoms with Crippen LogP contribution in [0.2, 0.25) is 0 Å². The van der Waals surface area contributed by atoms with E-state index < -0.39 is 18.4 Å². The second kappa shape index (κ2) is 8.18. The monoisotopic (exact) mass is 347 g/mol. The lowest BCUT2D eigenvalue weighted by Crippen LogP contribution is -2.35. The lowest BCUT2D eigenvalue weighted by Gasteiger charge is -2.20. The lowest BCUT2D eigenvalue weighted by atomic mass is 10.1. The first-order valence-electron chi connectivity index (χ1n) is 7.74. The third kappa shape index (κ3) is 4.72. The Morgan fingerprint density at radius 1 is 1.16 bits per heavy atom. The van der Waals surface area contributed by atoms with Gasteiger partial charge in [-0.15, -0.1) is 0 Å². The van der Waals surface area contributed by atoms with E-state index in [1.807, 2.05) is 6.92 Å². The number of hydrogen-bond donors (Lipinski definition) is 2. The number of nitrogens with zero attached hydrogens (tertiary/aromatic N) is 2. The quantitative estimate of drug-likeness (QED) is 0.753. The SMILES string of the molecule is CCc1cc(C(=O)N(CC(=O)O)Cc2cc(OC)cc(OC)c2)n[nH]1. The van der Waals surface area contributed by atoms with Crippen LogP contribution < -0.4 is 9.47 Å². The van der Waals surface area contributed by atoms with E-state index in [9.17, 15) is 9.59 Å². The van der Waals surface area contributed by atoms with Crippen molar-refractivity contribution in [2.45, 2.75) is 19.9 Å². The molecule has 0 fully saturated rings. The fraction of sp³-hybridized carbons (Fsp3) is 0.353. The zero-order valence-electron chi connectivity index (χ0n) is 14.4. The minimum Gasteiger partial charge on any atom is -0.497 e. The summed E-state index contributed by atoms with van der Waals surface area (Å²) in [5, 5.41) is 15.9. The molecular formula is C17H21N3O5. The Morgan fingerprint density at radius 2 is 1.80 bits per heavy atom. The van der Waals surface area contributed by atoms with Gasteiger partial charge in [0, 0.05) is 18.3 Å². The maximum atomic E-state index is 12.6. The minimum atomic E-state index is -1.10. The summed E-state index contributed by atoms with van der Waals surface area (Å²) in [4.78, 5) is 25.0. The first-order chi connectivity index (χ1) is 12.0. The van der Waals surface area contributed by atoms with Crippen LogP contribution in [0.5, 0.6) is 11.5 Å². The number of aryl methyl sites for hydroxylation is 1. The molecule has 2 aromatic rings. The molecule has 0 radical (unpaired) electrons. The molecule has 0 atom stereocenters. The summed E-state index contributed by atoms with van der Waals surface area (Å²) in [6.45, 7) is 1.58. The first-order valence-corrected chi connectivity index (χ1v) is 7.74. The number of H-pyrrole nitrogens is 1. The van der Waals surface area contributed by atoms with Gasteiger partial charge in [0.05, 0.1) is 14.2 Å². The van der Waals surface area contributed by atoms with Crippen molar-refractivity contribution < 1.29 is 24.2 Å². The number of benzene rings is 1. The second-order valence-electron chi connectivity index (χ2n) is 5.41. The molecule has 2 rings (SSSR count). The van der Waals surface area contributed by atoms with Gasteiger partial charge in [-0.2, -0.15) is 5.10 Å². The number of rotatable bonds is 8. The van der Waals surface area contributed by atoms with E-state index in [4.69, 9.17) is 14.6 Å². The molecule has 0 bridgehead atoms. The Labute approximate surface area is 145 Å². The molecular weight excluding hydrogens is 326 g/mol. The lowest BCUT2D eigenvalue weighted by molar-refractivity contribution is -0.137. The van der Waals surface area contributed by atoms with Gasteiger partial charge in [0.25, 0.3) is 5.91 Å². The highest BCUT2D eigenvalue weighted by Crippen LogP contribution is 2.23. The highest BCUT2D eigenvalue weighted by Gasteiger charge is 2.22. The number of carbonyl (C=O) groups is 2. The number of carbonyl (C=O) groups excluding carboxylic acids is 1. The van der Waals surface area contributed by atoms with Crippen molar-refractivity contribution in [3.8, 4) is 11.5 Å². The van der Waals surface area contributed by atoms with Crippen LogP contribution in [0.25, 0.3) is 0 Å². The summed E-state index contributed by atoms with van der Waals surface area (Å²) in [5.74, 6) is -0.440. The van der Waals surface area contributed by atoms with Gasteiger partial charge in [-0.25, -0.2) is 0 Å². The van der Waals surface area contributed by atoms with Crippen molar-refractivity contribution in [1.29, 1.82) is 0 Å². The smallest absolute Gasteiger partial charge is 0.323 e. The molecule has 25 heavy (non-hydrogen) atoms. The number of carboxylic acids is 1. The van der Waals surface area contributed by atoms with E-state index in [1.54, 1.807) is 24.3 Å². The molecule has 0 unspecified atom stereocenters. The van der Waals surface area contributed by atoms with E-state index >= 15 is 0 Å². The molecule has 8 heteroatoms. The number of carboxylic acid groups (broad SMARTS) is 1. The molecule has 1 aromatic heterocycles. The van der Waals surface area contributed by atoms with Crippen LogP contribution in [0.4, 0.5) is 0 Å². The number of hydrogen-bond acceptors (Lipinski definition) is 5. The average molecular weight is 347 g/mol. The normalized spacial score (nSPS) is 10.4. The van der Waals surface area contributed by atoms with Crippen LogP contribution in [0.15, 0.2) is 24.3 Å². The highest BCUT2D eigenvalue weighted by atomic mass is 16.5. The van der Waals surface area contributed by atoms with Crippen LogP contribution in [0.3, 0.4) is 0 Å². The first kappa shape index (κ1) is 18.3. The maximum Gasteiger partial charge on any atom is 0.323 e. The molecule has 2 N–H and O–H groups in total. The predicted octanol–water partition coefficient (Wildman–Crippen LogP) is 1.72. The number of aliphatic carboxylic acids is 1. The van der Waals surface area contributed by atoms with Gasteiger partial charge in [0.2, 0.25) is 0 Å². The van der Waals surface area contributed by atoms with Crippen molar-refractivity contribution >= 4 is 11.9 Å². The Hall–Kier alpha value is -3.03. The Balaban J connectivity index is 2.28. The summed E-state index contributed by atoms with van der Waals surface area (Å²) in [6, 6.07) is 6.79. The van der Waals surface area contributed by atoms with Gasteiger partial charge in [0.1, 0.15) is 23.7 Å². The Bertz CT molecular complexity index is 734. The van der Waals surface area contributed by atoms with E-state index in [0.717, 1.165) is 5.69 Å². The molecule has 1 heterocycles. The number of ether oxygens (including phenoxy) is 2. The zero-order chi connectivity index (χ0) is 18.4. The fourth-order valence-electron chi connectivity index (χ4n) is 2.36. The van der Waals surface area contributed by atoms with E-state index in [-0.39, 0.29) is 12.2 Å². The van der Waals surface area contributed by atoms with Crippen molar-refractivity contribution in [2.75, 3.05) is 20.8 Å². The number of amides is 1. The molecule has 0 aliphatic carbocycles. The summed E-state index contributed by atoms with van der Waals surface area (Å²) >= 11 is 0. The number of aromatic amines is 1. The molecule has 0 saturated carbocycles. The van der Waals surface area contributed by atoms with Crippen LogP contribution in [-0.4, -0.2) is 52.8 Å². The Kier molecular flexibility index (Phi) is 5.99. The molecule has 0 aliphatic heterocycles. The van der Waals surface area contributed by atoms with E-state index in [1.165, 1.54) is 19.1 Å². The van der Waals surface area contributed by atoms with Gasteiger partial charge in [-0.1, -0.05) is 6.92 Å². The van der Waals surface area contributed by atoms with Gasteiger partial charge in [0.15, 0.2) is 0 Å². The van der Waals surface area contributed by atoms with Crippen LogP contribution in [0.1, 0.15) is 28.7 Å². The molecule has 0 spiro atoms. The van der Waals surface area contributed by atoms with Crippen molar-refractivity contribution in [3.05, 3.63) is 41.2 Å². The number of aromatic nitrogens is 2. The molecule has 0 aliphatic rings. The summed E-state index contributed by atoms with van der Waals surface area (Å²) in [5.41, 5.74) is 1.69. The average Bonchev–Trinajstić information content (AvgIpc) is 3.08. The maximum absolute atomic E-state index is 12.6. The predicted molar refractivity (Wildman–Crippen MR) is 89.9 cm³/mol. The van der Waals surface area contributed by atoms with Crippen molar-refractivity contribution in [1.82, 2.24) is 15.1 Å². The summed E-state index contributed by atoms with van der Waals surface area (Å²) in [6.07, 6.45) is 0.701. The van der Waals surface area contributed by atoms with Gasteiger partial charge in [-0.3, -0.25) is 14.7 Å². The van der Waals surface area contributed by atoms with Crippen molar-refractivity contribution in [2.24, 2.45) is 0 Å². The minimum absolute atomic E-state index is 0.0903. The third-order valence-corrected chi connectivity index (χ3v) is 3.63. The molecule has 0 saturated heterocycles. The van der Waals surface area contributed by atoms with Gasteiger partial charge < -0.3 is 19.5 Å². The summed E-state index contributed by atoms with van der Waals surface area (Å²) < 4.78 is 10.4.